The van der Waals surface area contributed by atoms with Crippen LogP contribution in [0.25, 0.3) is 0 Å². The standard InChI is InChI=1S/C10H22O2Si/c1-12-10(13(2,3)4)8-6-5-7-9(10)11/h9,11H,5-8H2,1-4H3/t9-,10-/m1/s1. The van der Waals surface area contributed by atoms with Gasteiger partial charge in [0.1, 0.15) is 0 Å². The summed E-state index contributed by atoms with van der Waals surface area (Å²) in [5, 5.41) is 9.88. The van der Waals surface area contributed by atoms with Gasteiger partial charge in [-0.2, -0.15) is 0 Å². The lowest BCUT2D eigenvalue weighted by Crippen LogP contribution is -2.62. The zero-order valence-electron chi connectivity index (χ0n) is 9.26. The fraction of sp³-hybridized carbons (Fsp3) is 1.00. The minimum atomic E-state index is -1.44. The van der Waals surface area contributed by atoms with E-state index in [2.05, 4.69) is 19.6 Å². The quantitative estimate of drug-likeness (QED) is 0.696. The number of ether oxygens (including phenoxy) is 1. The SMILES string of the molecule is CO[C@@]1([Si](C)(C)C)CCCC[C@H]1O. The molecule has 0 aromatic rings. The molecule has 0 unspecified atom stereocenters. The van der Waals surface area contributed by atoms with Crippen LogP contribution in [0, 0.1) is 0 Å². The molecule has 78 valence electrons. The smallest absolute Gasteiger partial charge is 0.0858 e. The summed E-state index contributed by atoms with van der Waals surface area (Å²) in [5.41, 5.74) is 0. The van der Waals surface area contributed by atoms with Crippen molar-refractivity contribution in [2.75, 3.05) is 7.11 Å². The molecule has 1 rings (SSSR count). The number of aliphatic hydroxyl groups excluding tert-OH is 1. The summed E-state index contributed by atoms with van der Waals surface area (Å²) in [6, 6.07) is 0. The van der Waals surface area contributed by atoms with Crippen LogP contribution in [-0.4, -0.2) is 31.6 Å². The zero-order chi connectivity index (χ0) is 10.1. The fourth-order valence-electron chi connectivity index (χ4n) is 2.54. The third-order valence-corrected chi connectivity index (χ3v) is 6.77. The molecule has 1 aliphatic carbocycles. The Hall–Kier alpha value is 0.137. The first-order valence-electron chi connectivity index (χ1n) is 5.17. The van der Waals surface area contributed by atoms with E-state index in [1.54, 1.807) is 7.11 Å². The Balaban J connectivity index is 2.89. The molecule has 0 aromatic heterocycles. The lowest BCUT2D eigenvalue weighted by Gasteiger charge is -2.48. The normalized spacial score (nSPS) is 36.2. The van der Waals surface area contributed by atoms with E-state index in [1.165, 1.54) is 6.42 Å². The summed E-state index contributed by atoms with van der Waals surface area (Å²) < 4.78 is 5.67. The van der Waals surface area contributed by atoms with Crippen molar-refractivity contribution in [2.24, 2.45) is 0 Å². The van der Waals surface area contributed by atoms with Gasteiger partial charge >= 0.3 is 0 Å². The van der Waals surface area contributed by atoms with E-state index < -0.39 is 8.07 Å². The second-order valence-electron chi connectivity index (χ2n) is 5.11. The average Bonchev–Trinajstić information content (AvgIpc) is 2.03. The minimum absolute atomic E-state index is 0.189. The summed E-state index contributed by atoms with van der Waals surface area (Å²) in [5.74, 6) is 0. The molecule has 3 heteroatoms. The molecule has 1 fully saturated rings. The largest absolute Gasteiger partial charge is 0.390 e. The van der Waals surface area contributed by atoms with Crippen molar-refractivity contribution in [3.8, 4) is 0 Å². The van der Waals surface area contributed by atoms with Crippen molar-refractivity contribution in [1.82, 2.24) is 0 Å². The highest BCUT2D eigenvalue weighted by Crippen LogP contribution is 2.38. The number of methoxy groups -OCH3 is 1. The molecule has 1 aliphatic rings. The van der Waals surface area contributed by atoms with Gasteiger partial charge in [-0.1, -0.05) is 32.5 Å². The maximum Gasteiger partial charge on any atom is 0.0858 e. The van der Waals surface area contributed by atoms with E-state index in [1.807, 2.05) is 0 Å². The fourth-order valence-corrected chi connectivity index (χ4v) is 5.23. The molecule has 13 heavy (non-hydrogen) atoms. The summed E-state index contributed by atoms with van der Waals surface area (Å²) in [6.07, 6.45) is 4.07. The number of hydrogen-bond donors (Lipinski definition) is 1. The molecular weight excluding hydrogens is 180 g/mol. The van der Waals surface area contributed by atoms with Crippen LogP contribution in [-0.2, 0) is 4.74 Å². The van der Waals surface area contributed by atoms with Crippen LogP contribution in [0.5, 0.6) is 0 Å². The monoisotopic (exact) mass is 202 g/mol. The van der Waals surface area contributed by atoms with Gasteiger partial charge in [-0.15, -0.1) is 0 Å². The second kappa shape index (κ2) is 3.71. The van der Waals surface area contributed by atoms with Crippen LogP contribution in [0.2, 0.25) is 19.6 Å². The number of rotatable bonds is 2. The van der Waals surface area contributed by atoms with Crippen molar-refractivity contribution >= 4 is 8.07 Å². The summed E-state index contributed by atoms with van der Waals surface area (Å²) in [7, 11) is 0.315. The Morgan fingerprint density at radius 3 is 2.23 bits per heavy atom. The molecule has 0 spiro atoms. The average molecular weight is 202 g/mol. The maximum absolute atomic E-state index is 10.1. The molecule has 2 nitrogen and oxygen atoms in total. The number of hydrogen-bond acceptors (Lipinski definition) is 2. The van der Waals surface area contributed by atoms with Crippen LogP contribution in [0.3, 0.4) is 0 Å². The van der Waals surface area contributed by atoms with Crippen LogP contribution in [0.4, 0.5) is 0 Å². The Morgan fingerprint density at radius 2 is 1.92 bits per heavy atom. The first-order chi connectivity index (χ1) is 5.94. The molecule has 0 aliphatic heterocycles. The van der Waals surface area contributed by atoms with E-state index in [-0.39, 0.29) is 11.3 Å². The van der Waals surface area contributed by atoms with Gasteiger partial charge in [0.2, 0.25) is 0 Å². The molecule has 1 saturated carbocycles. The third kappa shape index (κ3) is 1.83. The third-order valence-electron chi connectivity index (χ3n) is 3.45. The van der Waals surface area contributed by atoms with Crippen LogP contribution < -0.4 is 0 Å². The Kier molecular flexibility index (Phi) is 3.20. The zero-order valence-corrected chi connectivity index (χ0v) is 10.3. The van der Waals surface area contributed by atoms with Gasteiger partial charge in [0, 0.05) is 7.11 Å². The van der Waals surface area contributed by atoms with Crippen molar-refractivity contribution in [2.45, 2.75) is 56.7 Å². The molecule has 0 heterocycles. The van der Waals surface area contributed by atoms with Crippen molar-refractivity contribution in [1.29, 1.82) is 0 Å². The van der Waals surface area contributed by atoms with Crippen molar-refractivity contribution < 1.29 is 9.84 Å². The second-order valence-corrected chi connectivity index (χ2v) is 10.5. The predicted molar refractivity (Wildman–Crippen MR) is 57.6 cm³/mol. The minimum Gasteiger partial charge on any atom is -0.390 e. The van der Waals surface area contributed by atoms with E-state index in [0.717, 1.165) is 19.3 Å². The molecule has 0 aromatic carbocycles. The molecule has 2 atom stereocenters. The Morgan fingerprint density at radius 1 is 1.31 bits per heavy atom. The van der Waals surface area contributed by atoms with Crippen LogP contribution >= 0.6 is 0 Å². The van der Waals surface area contributed by atoms with E-state index >= 15 is 0 Å². The molecule has 1 N–H and O–H groups in total. The molecular formula is C10H22O2Si. The van der Waals surface area contributed by atoms with E-state index in [4.69, 9.17) is 4.74 Å². The van der Waals surface area contributed by atoms with Gasteiger partial charge in [0.05, 0.1) is 19.4 Å². The van der Waals surface area contributed by atoms with Crippen LogP contribution in [0.1, 0.15) is 25.7 Å². The predicted octanol–water partition coefficient (Wildman–Crippen LogP) is 2.18. The van der Waals surface area contributed by atoms with Crippen LogP contribution in [0.15, 0.2) is 0 Å². The lowest BCUT2D eigenvalue weighted by molar-refractivity contribution is -0.0753. The lowest BCUT2D eigenvalue weighted by atomic mass is 9.94. The highest BCUT2D eigenvalue weighted by Gasteiger charge is 2.50. The molecule has 0 amide bonds. The van der Waals surface area contributed by atoms with Gasteiger partial charge in [-0.25, -0.2) is 0 Å². The van der Waals surface area contributed by atoms with E-state index in [9.17, 15) is 5.11 Å². The van der Waals surface area contributed by atoms with E-state index in [0.29, 0.717) is 0 Å². The molecule has 0 radical (unpaired) electrons. The Bertz CT molecular complexity index is 176. The first kappa shape index (κ1) is 11.2. The van der Waals surface area contributed by atoms with Gasteiger partial charge < -0.3 is 9.84 Å². The van der Waals surface area contributed by atoms with Gasteiger partial charge in [-0.05, 0) is 12.8 Å². The topological polar surface area (TPSA) is 29.5 Å². The summed E-state index contributed by atoms with van der Waals surface area (Å²) in [6.45, 7) is 6.85. The van der Waals surface area contributed by atoms with Crippen molar-refractivity contribution in [3.05, 3.63) is 0 Å². The number of aliphatic hydroxyl groups is 1. The Labute approximate surface area is 82.3 Å². The van der Waals surface area contributed by atoms with Crippen molar-refractivity contribution in [3.63, 3.8) is 0 Å². The van der Waals surface area contributed by atoms with Gasteiger partial charge in [0.25, 0.3) is 0 Å². The first-order valence-corrected chi connectivity index (χ1v) is 8.67. The van der Waals surface area contributed by atoms with Gasteiger partial charge in [0.15, 0.2) is 0 Å². The summed E-state index contributed by atoms with van der Waals surface area (Å²) in [4.78, 5) is 0. The highest BCUT2D eigenvalue weighted by atomic mass is 28.3. The maximum atomic E-state index is 10.1. The molecule has 0 saturated heterocycles. The highest BCUT2D eigenvalue weighted by molar-refractivity contribution is 6.79. The molecule has 0 bridgehead atoms. The van der Waals surface area contributed by atoms with Gasteiger partial charge in [-0.3, -0.25) is 0 Å². The summed E-state index contributed by atoms with van der Waals surface area (Å²) >= 11 is 0.